The Kier molecular flexibility index (Phi) is 5.82. The minimum atomic E-state index is -1.18. The highest BCUT2D eigenvalue weighted by Gasteiger charge is 2.15. The lowest BCUT2D eigenvalue weighted by molar-refractivity contribution is -0.140. The number of hydrogen-bond acceptors (Lipinski definition) is 4. The van der Waals surface area contributed by atoms with Gasteiger partial charge in [0, 0.05) is 13.7 Å². The Hall–Kier alpha value is -1.14. The summed E-state index contributed by atoms with van der Waals surface area (Å²) >= 11 is 0. The summed E-state index contributed by atoms with van der Waals surface area (Å²) in [6.45, 7) is 0.760. The van der Waals surface area contributed by atoms with Gasteiger partial charge in [0.15, 0.2) is 0 Å². The van der Waals surface area contributed by atoms with E-state index in [1.807, 2.05) is 0 Å². The minimum absolute atomic E-state index is 0.209. The van der Waals surface area contributed by atoms with Crippen molar-refractivity contribution in [2.24, 2.45) is 5.73 Å². The third-order valence-electron chi connectivity index (χ3n) is 1.35. The van der Waals surface area contributed by atoms with Crippen LogP contribution in [-0.2, 0) is 14.3 Å². The normalized spacial score (nSPS) is 12.2. The van der Waals surface area contributed by atoms with E-state index in [9.17, 15) is 9.59 Å². The third-order valence-corrected chi connectivity index (χ3v) is 1.35. The monoisotopic (exact) mass is 190 g/mol. The summed E-state index contributed by atoms with van der Waals surface area (Å²) in [5, 5.41) is 10.8. The number of ether oxygens (including phenoxy) is 1. The maximum atomic E-state index is 10.9. The molecule has 0 aliphatic heterocycles. The van der Waals surface area contributed by atoms with Crippen LogP contribution in [0.2, 0.25) is 0 Å². The van der Waals surface area contributed by atoms with E-state index in [4.69, 9.17) is 10.8 Å². The molecule has 4 N–H and O–H groups in total. The lowest BCUT2D eigenvalue weighted by Crippen LogP contribution is -2.37. The van der Waals surface area contributed by atoms with E-state index in [1.165, 1.54) is 7.11 Å². The molecule has 0 heterocycles. The van der Waals surface area contributed by atoms with E-state index in [1.54, 1.807) is 0 Å². The molecule has 1 atom stereocenters. The van der Waals surface area contributed by atoms with Crippen molar-refractivity contribution >= 4 is 11.9 Å². The largest absolute Gasteiger partial charge is 0.480 e. The number of carboxylic acid groups (broad SMARTS) is 1. The van der Waals surface area contributed by atoms with Crippen molar-refractivity contribution in [2.45, 2.75) is 12.5 Å². The molecule has 0 rings (SSSR count). The molecule has 0 spiro atoms. The Labute approximate surface area is 76.0 Å². The average Bonchev–Trinajstić information content (AvgIpc) is 2.04. The van der Waals surface area contributed by atoms with Gasteiger partial charge in [0.1, 0.15) is 6.04 Å². The topological polar surface area (TPSA) is 102 Å². The highest BCUT2D eigenvalue weighted by Crippen LogP contribution is 1.87. The Bertz CT molecular complexity index is 183. The van der Waals surface area contributed by atoms with Crippen molar-refractivity contribution in [3.05, 3.63) is 0 Å². The van der Waals surface area contributed by atoms with Gasteiger partial charge in [-0.1, -0.05) is 0 Å². The molecule has 0 saturated carbocycles. The highest BCUT2D eigenvalue weighted by atomic mass is 16.5. The number of nitrogens with one attached hydrogen (secondary N) is 1. The highest BCUT2D eigenvalue weighted by molar-refractivity contribution is 5.84. The van der Waals surface area contributed by atoms with Crippen molar-refractivity contribution in [1.82, 2.24) is 5.32 Å². The predicted molar refractivity (Wildman–Crippen MR) is 45.1 cm³/mol. The van der Waals surface area contributed by atoms with Gasteiger partial charge in [-0.25, -0.2) is 0 Å². The zero-order chi connectivity index (χ0) is 10.3. The minimum Gasteiger partial charge on any atom is -0.480 e. The lowest BCUT2D eigenvalue weighted by atomic mass is 10.2. The number of amides is 1. The molecule has 1 amide bonds. The van der Waals surface area contributed by atoms with Gasteiger partial charge in [-0.2, -0.15) is 0 Å². The molecule has 0 aromatic heterocycles. The number of aliphatic carboxylic acids is 1. The number of carbonyl (C=O) groups is 2. The van der Waals surface area contributed by atoms with Gasteiger partial charge in [-0.3, -0.25) is 9.59 Å². The maximum Gasteiger partial charge on any atom is 0.321 e. The Morgan fingerprint density at radius 1 is 1.62 bits per heavy atom. The van der Waals surface area contributed by atoms with Gasteiger partial charge in [0.05, 0.1) is 13.0 Å². The molecule has 13 heavy (non-hydrogen) atoms. The number of rotatable bonds is 6. The summed E-state index contributed by atoms with van der Waals surface area (Å²) in [6.07, 6.45) is -0.209. The second kappa shape index (κ2) is 6.38. The van der Waals surface area contributed by atoms with Gasteiger partial charge < -0.3 is 20.9 Å². The first-order chi connectivity index (χ1) is 6.07. The van der Waals surface area contributed by atoms with Crippen LogP contribution in [0.3, 0.4) is 0 Å². The van der Waals surface area contributed by atoms with Crippen molar-refractivity contribution in [2.75, 3.05) is 20.3 Å². The molecular weight excluding hydrogens is 176 g/mol. The van der Waals surface area contributed by atoms with Crippen LogP contribution in [0.4, 0.5) is 0 Å². The van der Waals surface area contributed by atoms with Crippen LogP contribution in [0.15, 0.2) is 0 Å². The SMILES string of the molecule is COCCNC(=O)CC(N)C(=O)O. The van der Waals surface area contributed by atoms with Crippen LogP contribution in [0.1, 0.15) is 6.42 Å². The molecule has 0 aromatic carbocycles. The molecule has 0 aromatic rings. The number of carbonyl (C=O) groups excluding carboxylic acids is 1. The number of nitrogens with two attached hydrogens (primary N) is 1. The summed E-state index contributed by atoms with van der Waals surface area (Å²) in [5.41, 5.74) is 5.13. The van der Waals surface area contributed by atoms with Gasteiger partial charge in [0.2, 0.25) is 5.91 Å². The van der Waals surface area contributed by atoms with Crippen LogP contribution >= 0.6 is 0 Å². The second-order valence-corrected chi connectivity index (χ2v) is 2.49. The van der Waals surface area contributed by atoms with Crippen LogP contribution < -0.4 is 11.1 Å². The first-order valence-electron chi connectivity index (χ1n) is 3.82. The van der Waals surface area contributed by atoms with Crippen molar-refractivity contribution in [1.29, 1.82) is 0 Å². The fourth-order valence-corrected chi connectivity index (χ4v) is 0.652. The zero-order valence-electron chi connectivity index (χ0n) is 7.45. The van der Waals surface area contributed by atoms with Gasteiger partial charge in [0.25, 0.3) is 0 Å². The van der Waals surface area contributed by atoms with E-state index in [-0.39, 0.29) is 12.3 Å². The number of hydrogen-bond donors (Lipinski definition) is 3. The molecule has 0 bridgehead atoms. The molecular formula is C7H14N2O4. The number of carboxylic acids is 1. The average molecular weight is 190 g/mol. The summed E-state index contributed by atoms with van der Waals surface area (Å²) in [7, 11) is 1.51. The fourth-order valence-electron chi connectivity index (χ4n) is 0.652. The van der Waals surface area contributed by atoms with Crippen LogP contribution in [0.5, 0.6) is 0 Å². The van der Waals surface area contributed by atoms with Crippen molar-refractivity contribution in [3.8, 4) is 0 Å². The van der Waals surface area contributed by atoms with Gasteiger partial charge >= 0.3 is 5.97 Å². The van der Waals surface area contributed by atoms with Crippen LogP contribution in [0, 0.1) is 0 Å². The first kappa shape index (κ1) is 11.9. The molecule has 1 unspecified atom stereocenters. The Morgan fingerprint density at radius 3 is 2.69 bits per heavy atom. The molecule has 0 saturated heterocycles. The third kappa shape index (κ3) is 6.06. The van der Waals surface area contributed by atoms with E-state index in [0.717, 1.165) is 0 Å². The van der Waals surface area contributed by atoms with Gasteiger partial charge in [-0.05, 0) is 0 Å². The molecule has 0 radical (unpaired) electrons. The van der Waals surface area contributed by atoms with E-state index in [0.29, 0.717) is 13.2 Å². The standard InChI is InChI=1S/C7H14N2O4/c1-13-3-2-9-6(10)4-5(8)7(11)12/h5H,2-4,8H2,1H3,(H,9,10)(H,11,12). The molecule has 0 aliphatic carbocycles. The van der Waals surface area contributed by atoms with E-state index in [2.05, 4.69) is 10.1 Å². The zero-order valence-corrected chi connectivity index (χ0v) is 7.45. The predicted octanol–water partition coefficient (Wildman–Crippen LogP) is -1.45. The van der Waals surface area contributed by atoms with Gasteiger partial charge in [-0.15, -0.1) is 0 Å². The molecule has 6 nitrogen and oxygen atoms in total. The number of methoxy groups -OCH3 is 1. The van der Waals surface area contributed by atoms with Crippen molar-refractivity contribution in [3.63, 3.8) is 0 Å². The summed E-state index contributed by atoms with van der Waals surface area (Å²) in [6, 6.07) is -1.14. The summed E-state index contributed by atoms with van der Waals surface area (Å²) in [4.78, 5) is 21.2. The fraction of sp³-hybridized carbons (Fsp3) is 0.714. The Balaban J connectivity index is 3.56. The van der Waals surface area contributed by atoms with E-state index >= 15 is 0 Å². The van der Waals surface area contributed by atoms with Crippen LogP contribution in [0.25, 0.3) is 0 Å². The second-order valence-electron chi connectivity index (χ2n) is 2.49. The molecule has 76 valence electrons. The summed E-state index contributed by atoms with van der Waals surface area (Å²) in [5.74, 6) is -1.56. The van der Waals surface area contributed by atoms with Crippen LogP contribution in [-0.4, -0.2) is 43.3 Å². The molecule has 0 aliphatic rings. The maximum absolute atomic E-state index is 10.9. The quantitative estimate of drug-likeness (QED) is 0.445. The van der Waals surface area contributed by atoms with Crippen molar-refractivity contribution < 1.29 is 19.4 Å². The molecule has 0 fully saturated rings. The first-order valence-corrected chi connectivity index (χ1v) is 3.82. The molecule has 6 heteroatoms. The summed E-state index contributed by atoms with van der Waals surface area (Å²) < 4.78 is 4.68. The smallest absolute Gasteiger partial charge is 0.321 e. The Morgan fingerprint density at radius 2 is 2.23 bits per heavy atom. The van der Waals surface area contributed by atoms with E-state index < -0.39 is 12.0 Å². The lowest BCUT2D eigenvalue weighted by Gasteiger charge is -2.06.